The molecule has 3 rings (SSSR count). The van der Waals surface area contributed by atoms with Crippen molar-refractivity contribution in [2.75, 3.05) is 0 Å². The van der Waals surface area contributed by atoms with E-state index >= 15 is 0 Å². The molecule has 6 heteroatoms. The van der Waals surface area contributed by atoms with Gasteiger partial charge >= 0.3 is 11.9 Å². The zero-order valence-electron chi connectivity index (χ0n) is 22.7. The van der Waals surface area contributed by atoms with Crippen LogP contribution in [0.4, 0.5) is 0 Å². The molecule has 0 spiro atoms. The Kier molecular flexibility index (Phi) is 9.97. The van der Waals surface area contributed by atoms with E-state index in [0.717, 1.165) is 23.1 Å². The minimum Gasteiger partial charge on any atom is -0.388 e. The predicted octanol–water partition coefficient (Wildman–Crippen LogP) is 5.80. The monoisotopic (exact) mass is 514 g/mol. The highest BCUT2D eigenvalue weighted by Crippen LogP contribution is 2.25. The molecule has 0 aliphatic heterocycles. The zero-order valence-corrected chi connectivity index (χ0v) is 22.7. The average Bonchev–Trinajstić information content (AvgIpc) is 2.90. The van der Waals surface area contributed by atoms with Crippen molar-refractivity contribution in [1.82, 2.24) is 5.32 Å². The SMILES string of the molecule is CCC(C)c1ccc(-c2ccc(C(=O)OC(=O)[C@H](CCC(N)=O)NC(C)(C)Cc3ccccc3)cc2)cc1. The van der Waals surface area contributed by atoms with E-state index in [1.54, 1.807) is 12.1 Å². The highest BCUT2D eigenvalue weighted by molar-refractivity contribution is 5.98. The fraction of sp³-hybridized carbons (Fsp3) is 0.344. The minimum absolute atomic E-state index is 0.00705. The molecule has 6 nitrogen and oxygen atoms in total. The molecular weight excluding hydrogens is 476 g/mol. The van der Waals surface area contributed by atoms with Crippen molar-refractivity contribution in [3.63, 3.8) is 0 Å². The third kappa shape index (κ3) is 8.38. The molecule has 1 unspecified atom stereocenters. The Bertz CT molecular complexity index is 1220. The van der Waals surface area contributed by atoms with Gasteiger partial charge in [-0.15, -0.1) is 0 Å². The van der Waals surface area contributed by atoms with Gasteiger partial charge in [0, 0.05) is 12.0 Å². The van der Waals surface area contributed by atoms with Gasteiger partial charge in [0.2, 0.25) is 5.91 Å². The molecule has 38 heavy (non-hydrogen) atoms. The lowest BCUT2D eigenvalue weighted by Gasteiger charge is -2.31. The average molecular weight is 515 g/mol. The number of ether oxygens (including phenoxy) is 1. The van der Waals surface area contributed by atoms with E-state index in [-0.39, 0.29) is 18.4 Å². The lowest BCUT2D eigenvalue weighted by molar-refractivity contribution is -0.141. The van der Waals surface area contributed by atoms with Gasteiger partial charge in [-0.2, -0.15) is 0 Å². The molecule has 2 atom stereocenters. The summed E-state index contributed by atoms with van der Waals surface area (Å²) in [4.78, 5) is 37.2. The molecule has 3 aromatic carbocycles. The van der Waals surface area contributed by atoms with Crippen LogP contribution < -0.4 is 11.1 Å². The second-order valence-corrected chi connectivity index (χ2v) is 10.5. The topological polar surface area (TPSA) is 98.5 Å². The molecule has 200 valence electrons. The molecule has 0 fully saturated rings. The Morgan fingerprint density at radius 1 is 0.895 bits per heavy atom. The lowest BCUT2D eigenvalue weighted by Crippen LogP contribution is -2.51. The van der Waals surface area contributed by atoms with Crippen molar-refractivity contribution in [1.29, 1.82) is 0 Å². The van der Waals surface area contributed by atoms with Crippen LogP contribution in [-0.2, 0) is 20.7 Å². The third-order valence-corrected chi connectivity index (χ3v) is 6.76. The van der Waals surface area contributed by atoms with E-state index in [1.165, 1.54) is 5.56 Å². The number of amides is 1. The lowest BCUT2D eigenvalue weighted by atomic mass is 9.93. The van der Waals surface area contributed by atoms with E-state index in [4.69, 9.17) is 10.5 Å². The number of primary amides is 1. The summed E-state index contributed by atoms with van der Waals surface area (Å²) >= 11 is 0. The van der Waals surface area contributed by atoms with Crippen LogP contribution in [0.3, 0.4) is 0 Å². The second kappa shape index (κ2) is 13.2. The van der Waals surface area contributed by atoms with Crippen LogP contribution >= 0.6 is 0 Å². The maximum Gasteiger partial charge on any atom is 0.345 e. The minimum atomic E-state index is -0.867. The summed E-state index contributed by atoms with van der Waals surface area (Å²) in [6.45, 7) is 8.29. The van der Waals surface area contributed by atoms with Crippen LogP contribution in [-0.4, -0.2) is 29.4 Å². The maximum atomic E-state index is 13.0. The Hall–Kier alpha value is -3.77. The zero-order chi connectivity index (χ0) is 27.7. The molecule has 1 amide bonds. The number of esters is 2. The van der Waals surface area contributed by atoms with Crippen LogP contribution in [0.25, 0.3) is 11.1 Å². The first-order chi connectivity index (χ1) is 18.1. The summed E-state index contributed by atoms with van der Waals surface area (Å²) in [5.74, 6) is -1.49. The van der Waals surface area contributed by atoms with Crippen LogP contribution in [0, 0.1) is 0 Å². The Morgan fingerprint density at radius 2 is 1.47 bits per heavy atom. The van der Waals surface area contributed by atoms with Gasteiger partial charge in [0.1, 0.15) is 6.04 Å². The van der Waals surface area contributed by atoms with Gasteiger partial charge in [-0.3, -0.25) is 10.1 Å². The van der Waals surface area contributed by atoms with Gasteiger partial charge in [-0.25, -0.2) is 9.59 Å². The van der Waals surface area contributed by atoms with E-state index in [1.807, 2.05) is 56.3 Å². The van der Waals surface area contributed by atoms with Crippen LogP contribution in [0.1, 0.15) is 74.4 Å². The van der Waals surface area contributed by atoms with Gasteiger partial charge in [0.15, 0.2) is 0 Å². The Labute approximate surface area is 225 Å². The summed E-state index contributed by atoms with van der Waals surface area (Å²) in [6, 6.07) is 24.4. The molecule has 0 bridgehead atoms. The molecule has 3 N–H and O–H groups in total. The van der Waals surface area contributed by atoms with Gasteiger partial charge in [0.05, 0.1) is 5.56 Å². The number of carbonyl (C=O) groups excluding carboxylic acids is 3. The van der Waals surface area contributed by atoms with E-state index in [9.17, 15) is 14.4 Å². The summed E-state index contributed by atoms with van der Waals surface area (Å²) in [5, 5.41) is 3.27. The van der Waals surface area contributed by atoms with Crippen molar-refractivity contribution >= 4 is 17.8 Å². The number of hydrogen-bond donors (Lipinski definition) is 2. The van der Waals surface area contributed by atoms with Gasteiger partial charge in [-0.1, -0.05) is 80.6 Å². The van der Waals surface area contributed by atoms with E-state index in [2.05, 4.69) is 43.4 Å². The number of nitrogens with two attached hydrogens (primary N) is 1. The first kappa shape index (κ1) is 28.8. The van der Waals surface area contributed by atoms with E-state index < -0.39 is 29.4 Å². The van der Waals surface area contributed by atoms with Crippen molar-refractivity contribution in [3.05, 3.63) is 95.6 Å². The van der Waals surface area contributed by atoms with Gasteiger partial charge in [-0.05, 0) is 73.4 Å². The van der Waals surface area contributed by atoms with E-state index in [0.29, 0.717) is 12.3 Å². The van der Waals surface area contributed by atoms with Crippen molar-refractivity contribution in [3.8, 4) is 11.1 Å². The molecule has 0 radical (unpaired) electrons. The standard InChI is InChI=1S/C32H38N2O4/c1-5-22(2)24-11-13-25(14-12-24)26-15-17-27(18-16-26)30(36)38-31(37)28(19-20-29(33)35)34-32(3,4)21-23-9-7-6-8-10-23/h6-18,22,28,34H,5,19-21H2,1-4H3,(H2,33,35)/t22?,28-/m0/s1. The summed E-state index contributed by atoms with van der Waals surface area (Å²) in [5.41, 5.74) is 9.50. The number of hydrogen-bond acceptors (Lipinski definition) is 5. The highest BCUT2D eigenvalue weighted by Gasteiger charge is 2.30. The summed E-state index contributed by atoms with van der Waals surface area (Å²) < 4.78 is 5.23. The van der Waals surface area contributed by atoms with Crippen LogP contribution in [0.5, 0.6) is 0 Å². The Morgan fingerprint density at radius 3 is 2.03 bits per heavy atom. The first-order valence-electron chi connectivity index (χ1n) is 13.1. The molecule has 0 aromatic heterocycles. The predicted molar refractivity (Wildman–Crippen MR) is 151 cm³/mol. The summed E-state index contributed by atoms with van der Waals surface area (Å²) in [6.07, 6.45) is 1.85. The molecule has 0 saturated carbocycles. The van der Waals surface area contributed by atoms with Gasteiger partial charge < -0.3 is 10.5 Å². The van der Waals surface area contributed by atoms with Crippen LogP contribution in [0.15, 0.2) is 78.9 Å². The normalized spacial score (nSPS) is 12.9. The second-order valence-electron chi connectivity index (χ2n) is 10.5. The molecular formula is C32H38N2O4. The number of rotatable bonds is 12. The van der Waals surface area contributed by atoms with Crippen molar-refractivity contribution in [2.45, 2.75) is 70.9 Å². The Balaban J connectivity index is 1.67. The smallest absolute Gasteiger partial charge is 0.345 e. The van der Waals surface area contributed by atoms with Crippen molar-refractivity contribution in [2.24, 2.45) is 5.73 Å². The molecule has 0 aliphatic carbocycles. The molecule has 0 heterocycles. The molecule has 3 aromatic rings. The van der Waals surface area contributed by atoms with Gasteiger partial charge in [0.25, 0.3) is 0 Å². The fourth-order valence-corrected chi connectivity index (χ4v) is 4.42. The number of benzene rings is 3. The number of nitrogens with one attached hydrogen (secondary N) is 1. The molecule has 0 aliphatic rings. The fourth-order valence-electron chi connectivity index (χ4n) is 4.42. The molecule has 0 saturated heterocycles. The van der Waals surface area contributed by atoms with Crippen LogP contribution in [0.2, 0.25) is 0 Å². The first-order valence-corrected chi connectivity index (χ1v) is 13.1. The largest absolute Gasteiger partial charge is 0.388 e. The maximum absolute atomic E-state index is 13.0. The highest BCUT2D eigenvalue weighted by atomic mass is 16.6. The number of carbonyl (C=O) groups is 3. The summed E-state index contributed by atoms with van der Waals surface area (Å²) in [7, 11) is 0. The third-order valence-electron chi connectivity index (χ3n) is 6.76. The quantitative estimate of drug-likeness (QED) is 0.235. The van der Waals surface area contributed by atoms with Crippen molar-refractivity contribution < 1.29 is 19.1 Å².